The second kappa shape index (κ2) is 6.11. The number of nitrogens with one attached hydrogen (secondary N) is 1. The highest BCUT2D eigenvalue weighted by molar-refractivity contribution is 7.89. The highest BCUT2D eigenvalue weighted by Gasteiger charge is 2.36. The van der Waals surface area contributed by atoms with Gasteiger partial charge in [-0.2, -0.15) is 13.2 Å². The molecule has 0 radical (unpaired) electrons. The lowest BCUT2D eigenvalue weighted by Gasteiger charge is -2.14. The van der Waals surface area contributed by atoms with Gasteiger partial charge >= 0.3 is 6.18 Å². The summed E-state index contributed by atoms with van der Waals surface area (Å²) in [4.78, 5) is -0.894. The minimum Gasteiger partial charge on any atom is -0.467 e. The third kappa shape index (κ3) is 3.67. The zero-order chi connectivity index (χ0) is 16.4. The number of alkyl halides is 3. The Balaban J connectivity index is 2.21. The van der Waals surface area contributed by atoms with E-state index in [1.165, 1.54) is 24.5 Å². The molecule has 0 amide bonds. The van der Waals surface area contributed by atoms with E-state index in [-0.39, 0.29) is 5.76 Å². The van der Waals surface area contributed by atoms with Crippen molar-refractivity contribution in [3.63, 3.8) is 0 Å². The van der Waals surface area contributed by atoms with E-state index in [1.54, 1.807) is 0 Å². The molecule has 1 unspecified atom stereocenters. The fourth-order valence-corrected chi connectivity index (χ4v) is 3.05. The molecule has 0 bridgehead atoms. The van der Waals surface area contributed by atoms with Crippen LogP contribution in [0.15, 0.2) is 52.0 Å². The molecule has 5 nitrogen and oxygen atoms in total. The van der Waals surface area contributed by atoms with E-state index in [2.05, 4.69) is 0 Å². The quantitative estimate of drug-likeness (QED) is 0.879. The van der Waals surface area contributed by atoms with Crippen LogP contribution < -0.4 is 4.72 Å². The number of benzene rings is 1. The number of hydrogen-bond donors (Lipinski definition) is 2. The van der Waals surface area contributed by atoms with Crippen molar-refractivity contribution >= 4 is 10.0 Å². The van der Waals surface area contributed by atoms with Crippen LogP contribution in [-0.2, 0) is 16.2 Å². The Morgan fingerprint density at radius 2 is 1.86 bits per heavy atom. The molecule has 1 aromatic heterocycles. The van der Waals surface area contributed by atoms with Crippen molar-refractivity contribution in [3.8, 4) is 0 Å². The van der Waals surface area contributed by atoms with Crippen molar-refractivity contribution in [2.24, 2.45) is 0 Å². The third-order valence-electron chi connectivity index (χ3n) is 2.82. The number of sulfonamides is 1. The highest BCUT2D eigenvalue weighted by Crippen LogP contribution is 2.33. The van der Waals surface area contributed by atoms with Crippen molar-refractivity contribution in [1.29, 1.82) is 0 Å². The molecule has 2 aromatic rings. The van der Waals surface area contributed by atoms with Gasteiger partial charge in [0.1, 0.15) is 11.9 Å². The van der Waals surface area contributed by atoms with Crippen molar-refractivity contribution in [2.75, 3.05) is 6.54 Å². The van der Waals surface area contributed by atoms with Gasteiger partial charge in [-0.15, -0.1) is 0 Å². The number of hydrogen-bond acceptors (Lipinski definition) is 4. The molecular formula is C13H12F3NO4S. The molecule has 0 saturated heterocycles. The lowest BCUT2D eigenvalue weighted by atomic mass is 10.2. The van der Waals surface area contributed by atoms with E-state index in [4.69, 9.17) is 4.42 Å². The number of aliphatic hydroxyl groups excluding tert-OH is 1. The second-order valence-corrected chi connectivity index (χ2v) is 6.11. The third-order valence-corrected chi connectivity index (χ3v) is 4.30. The summed E-state index contributed by atoms with van der Waals surface area (Å²) in [5.41, 5.74) is -1.27. The predicted molar refractivity (Wildman–Crippen MR) is 70.3 cm³/mol. The van der Waals surface area contributed by atoms with Gasteiger partial charge in [0.05, 0.1) is 16.7 Å². The van der Waals surface area contributed by atoms with Gasteiger partial charge in [-0.1, -0.05) is 12.1 Å². The van der Waals surface area contributed by atoms with Gasteiger partial charge in [-0.3, -0.25) is 0 Å². The van der Waals surface area contributed by atoms with Gasteiger partial charge in [0.15, 0.2) is 0 Å². The molecule has 9 heteroatoms. The van der Waals surface area contributed by atoms with E-state index < -0.39 is 39.3 Å². The van der Waals surface area contributed by atoms with Crippen LogP contribution in [0, 0.1) is 0 Å². The van der Waals surface area contributed by atoms with E-state index in [1.807, 2.05) is 4.72 Å². The van der Waals surface area contributed by atoms with Crippen LogP contribution in [0.4, 0.5) is 13.2 Å². The Labute approximate surface area is 124 Å². The first kappa shape index (κ1) is 16.5. The van der Waals surface area contributed by atoms with Gasteiger partial charge < -0.3 is 9.52 Å². The number of halogens is 3. The van der Waals surface area contributed by atoms with Crippen LogP contribution in [0.2, 0.25) is 0 Å². The number of rotatable bonds is 5. The topological polar surface area (TPSA) is 79.5 Å². The molecule has 1 atom stereocenters. The van der Waals surface area contributed by atoms with Crippen molar-refractivity contribution in [2.45, 2.75) is 17.2 Å². The summed E-state index contributed by atoms with van der Waals surface area (Å²) in [5, 5.41) is 9.71. The van der Waals surface area contributed by atoms with E-state index in [9.17, 15) is 26.7 Å². The Kier molecular flexibility index (Phi) is 4.59. The summed E-state index contributed by atoms with van der Waals surface area (Å²) >= 11 is 0. The Morgan fingerprint density at radius 1 is 1.18 bits per heavy atom. The maximum absolute atomic E-state index is 12.8. The molecule has 120 valence electrons. The number of furan rings is 1. The molecule has 0 aliphatic rings. The lowest BCUT2D eigenvalue weighted by molar-refractivity contribution is -0.139. The van der Waals surface area contributed by atoms with Crippen LogP contribution >= 0.6 is 0 Å². The second-order valence-electron chi connectivity index (χ2n) is 4.38. The first-order valence-electron chi connectivity index (χ1n) is 6.09. The molecule has 0 spiro atoms. The normalized spacial score (nSPS) is 14.0. The largest absolute Gasteiger partial charge is 0.467 e. The van der Waals surface area contributed by atoms with Gasteiger partial charge in [0, 0.05) is 6.54 Å². The van der Waals surface area contributed by atoms with E-state index in [0.29, 0.717) is 6.07 Å². The fourth-order valence-electron chi connectivity index (χ4n) is 1.78. The summed E-state index contributed by atoms with van der Waals surface area (Å²) in [6.45, 7) is -0.512. The molecular weight excluding hydrogens is 323 g/mol. The van der Waals surface area contributed by atoms with E-state index >= 15 is 0 Å². The van der Waals surface area contributed by atoms with Crippen molar-refractivity contribution in [1.82, 2.24) is 4.72 Å². The lowest BCUT2D eigenvalue weighted by Crippen LogP contribution is -2.30. The Bertz CT molecular complexity index is 726. The standard InChI is InChI=1S/C13H12F3NO4S/c14-13(15,16)9-4-1-2-6-12(9)22(19,20)17-8-10(18)11-5-3-7-21-11/h1-7,10,17-18H,8H2. The minimum atomic E-state index is -4.80. The fraction of sp³-hybridized carbons (Fsp3) is 0.231. The Morgan fingerprint density at radius 3 is 2.45 bits per heavy atom. The zero-order valence-electron chi connectivity index (χ0n) is 11.0. The summed E-state index contributed by atoms with van der Waals surface area (Å²) in [5.74, 6) is 0.104. The zero-order valence-corrected chi connectivity index (χ0v) is 11.9. The molecule has 22 heavy (non-hydrogen) atoms. The average Bonchev–Trinajstić information content (AvgIpc) is 2.98. The van der Waals surface area contributed by atoms with Crippen molar-refractivity contribution < 1.29 is 31.1 Å². The predicted octanol–water partition coefficient (Wildman–Crippen LogP) is 2.31. The molecule has 2 rings (SSSR count). The van der Waals surface area contributed by atoms with Crippen LogP contribution in [0.1, 0.15) is 17.4 Å². The molecule has 0 aliphatic carbocycles. The van der Waals surface area contributed by atoms with Crippen LogP contribution in [0.5, 0.6) is 0 Å². The maximum Gasteiger partial charge on any atom is 0.417 e. The average molecular weight is 335 g/mol. The van der Waals surface area contributed by atoms with Gasteiger partial charge in [0.2, 0.25) is 10.0 Å². The first-order chi connectivity index (χ1) is 10.2. The van der Waals surface area contributed by atoms with E-state index in [0.717, 1.165) is 12.1 Å². The minimum absolute atomic E-state index is 0.104. The monoisotopic (exact) mass is 335 g/mol. The molecule has 0 saturated carbocycles. The van der Waals surface area contributed by atoms with Crippen molar-refractivity contribution in [3.05, 3.63) is 54.0 Å². The summed E-state index contributed by atoms with van der Waals surface area (Å²) < 4.78 is 69.4. The number of aliphatic hydroxyl groups is 1. The van der Waals surface area contributed by atoms with Gasteiger partial charge in [0.25, 0.3) is 0 Å². The Hall–Kier alpha value is -1.84. The molecule has 0 aliphatic heterocycles. The van der Waals surface area contributed by atoms with Gasteiger partial charge in [-0.05, 0) is 24.3 Å². The van der Waals surface area contributed by atoms with Crippen LogP contribution in [0.25, 0.3) is 0 Å². The molecule has 1 aromatic carbocycles. The summed E-state index contributed by atoms with van der Waals surface area (Å²) in [6, 6.07) is 6.73. The first-order valence-corrected chi connectivity index (χ1v) is 7.57. The van der Waals surface area contributed by atoms with Crippen LogP contribution in [-0.4, -0.2) is 20.1 Å². The SMILES string of the molecule is O=S(=O)(NCC(O)c1ccco1)c1ccccc1C(F)(F)F. The summed E-state index contributed by atoms with van der Waals surface area (Å²) in [7, 11) is -4.43. The van der Waals surface area contributed by atoms with Crippen LogP contribution in [0.3, 0.4) is 0 Å². The summed E-state index contributed by atoms with van der Waals surface area (Å²) in [6.07, 6.45) is -4.82. The molecule has 2 N–H and O–H groups in total. The highest BCUT2D eigenvalue weighted by atomic mass is 32.2. The maximum atomic E-state index is 12.8. The van der Waals surface area contributed by atoms with Gasteiger partial charge in [-0.25, -0.2) is 13.1 Å². The smallest absolute Gasteiger partial charge is 0.417 e. The molecule has 1 heterocycles. The molecule has 0 fully saturated rings.